The van der Waals surface area contributed by atoms with E-state index in [1.165, 1.54) is 0 Å². The summed E-state index contributed by atoms with van der Waals surface area (Å²) in [5.41, 5.74) is 1.30. The highest BCUT2D eigenvalue weighted by Gasteiger charge is 2.00. The molecule has 0 unspecified atom stereocenters. The molecule has 4 nitrogen and oxygen atoms in total. The number of hydrogen-bond acceptors (Lipinski definition) is 3. The van der Waals surface area contributed by atoms with Crippen LogP contribution in [-0.2, 0) is 6.54 Å². The topological polar surface area (TPSA) is 73.1 Å². The second kappa shape index (κ2) is 5.78. The van der Waals surface area contributed by atoms with Crippen molar-refractivity contribution in [1.82, 2.24) is 5.32 Å². The Morgan fingerprint density at radius 3 is 2.60 bits per heavy atom. The number of nitrogens with zero attached hydrogens (tertiary/aromatic N) is 1. The van der Waals surface area contributed by atoms with Crippen molar-refractivity contribution in [2.45, 2.75) is 13.0 Å². The van der Waals surface area contributed by atoms with Crippen LogP contribution in [0.1, 0.15) is 22.3 Å². The lowest BCUT2D eigenvalue weighted by Crippen LogP contribution is -2.14. The zero-order valence-electron chi connectivity index (χ0n) is 8.23. The molecule has 1 aromatic rings. The van der Waals surface area contributed by atoms with Crippen molar-refractivity contribution in [3.05, 3.63) is 35.4 Å². The van der Waals surface area contributed by atoms with Crippen molar-refractivity contribution in [3.8, 4) is 6.07 Å². The van der Waals surface area contributed by atoms with E-state index in [4.69, 9.17) is 10.4 Å². The van der Waals surface area contributed by atoms with Crippen molar-refractivity contribution < 1.29 is 9.90 Å². The van der Waals surface area contributed by atoms with Crippen LogP contribution in [0.25, 0.3) is 0 Å². The van der Waals surface area contributed by atoms with Crippen LogP contribution in [0.4, 0.5) is 0 Å². The van der Waals surface area contributed by atoms with Gasteiger partial charge in [0.2, 0.25) is 0 Å². The maximum atomic E-state index is 10.6. The molecule has 1 rings (SSSR count). The monoisotopic (exact) mass is 204 g/mol. The summed E-state index contributed by atoms with van der Waals surface area (Å²) in [6.45, 7) is 1.30. The molecule has 2 N–H and O–H groups in total. The van der Waals surface area contributed by atoms with Gasteiger partial charge in [0.1, 0.15) is 0 Å². The standard InChI is InChI=1S/C11H12N2O2/c12-6-1-7-13-8-9-2-4-10(5-3-9)11(14)15/h2-5,13H,1,7-8H2,(H,14,15). The average Bonchev–Trinajstić information content (AvgIpc) is 2.25. The Bertz CT molecular complexity index is 365. The third-order valence-electron chi connectivity index (χ3n) is 1.94. The van der Waals surface area contributed by atoms with Crippen molar-refractivity contribution in [3.63, 3.8) is 0 Å². The number of carboxylic acid groups (broad SMARTS) is 1. The maximum Gasteiger partial charge on any atom is 0.335 e. The second-order valence-corrected chi connectivity index (χ2v) is 3.09. The Morgan fingerprint density at radius 2 is 2.07 bits per heavy atom. The largest absolute Gasteiger partial charge is 0.478 e. The van der Waals surface area contributed by atoms with Crippen LogP contribution in [0, 0.1) is 11.3 Å². The van der Waals surface area contributed by atoms with Gasteiger partial charge in [-0.3, -0.25) is 0 Å². The molecule has 0 aliphatic rings. The van der Waals surface area contributed by atoms with E-state index in [0.29, 0.717) is 19.5 Å². The van der Waals surface area contributed by atoms with Crippen LogP contribution in [-0.4, -0.2) is 17.6 Å². The predicted octanol–water partition coefficient (Wildman–Crippen LogP) is 1.39. The first-order chi connectivity index (χ1) is 7.24. The number of hydrogen-bond donors (Lipinski definition) is 2. The van der Waals surface area contributed by atoms with E-state index in [1.54, 1.807) is 24.3 Å². The van der Waals surface area contributed by atoms with Crippen molar-refractivity contribution in [2.75, 3.05) is 6.54 Å². The van der Waals surface area contributed by atoms with Gasteiger partial charge < -0.3 is 10.4 Å². The Balaban J connectivity index is 2.43. The lowest BCUT2D eigenvalue weighted by molar-refractivity contribution is 0.0697. The zero-order chi connectivity index (χ0) is 11.1. The molecular formula is C11H12N2O2. The van der Waals surface area contributed by atoms with Gasteiger partial charge >= 0.3 is 5.97 Å². The number of benzene rings is 1. The number of rotatable bonds is 5. The molecule has 1 aromatic carbocycles. The van der Waals surface area contributed by atoms with Gasteiger partial charge in [-0.1, -0.05) is 12.1 Å². The summed E-state index contributed by atoms with van der Waals surface area (Å²) in [5, 5.41) is 20.1. The third-order valence-corrected chi connectivity index (χ3v) is 1.94. The van der Waals surface area contributed by atoms with Crippen LogP contribution in [0.5, 0.6) is 0 Å². The Hall–Kier alpha value is -1.86. The highest BCUT2D eigenvalue weighted by Crippen LogP contribution is 2.03. The number of carboxylic acids is 1. The molecule has 0 radical (unpaired) electrons. The van der Waals surface area contributed by atoms with Crippen LogP contribution in [0.3, 0.4) is 0 Å². The molecule has 0 aliphatic carbocycles. The molecule has 0 amide bonds. The van der Waals surface area contributed by atoms with Crippen LogP contribution < -0.4 is 5.32 Å². The van der Waals surface area contributed by atoms with E-state index >= 15 is 0 Å². The van der Waals surface area contributed by atoms with E-state index in [0.717, 1.165) is 5.56 Å². The van der Waals surface area contributed by atoms with E-state index in [1.807, 2.05) is 6.07 Å². The molecule has 0 saturated carbocycles. The lowest BCUT2D eigenvalue weighted by atomic mass is 10.1. The number of nitrogens with one attached hydrogen (secondary N) is 1. The van der Waals surface area contributed by atoms with Gasteiger partial charge in [-0.2, -0.15) is 5.26 Å². The number of nitriles is 1. The Labute approximate surface area is 88.2 Å². The van der Waals surface area contributed by atoms with Gasteiger partial charge in [0, 0.05) is 19.5 Å². The normalized spacial score (nSPS) is 9.53. The minimum atomic E-state index is -0.918. The SMILES string of the molecule is N#CCCNCc1ccc(C(=O)O)cc1. The molecular weight excluding hydrogens is 192 g/mol. The van der Waals surface area contributed by atoms with Crippen molar-refractivity contribution >= 4 is 5.97 Å². The highest BCUT2D eigenvalue weighted by molar-refractivity contribution is 5.87. The molecule has 0 saturated heterocycles. The average molecular weight is 204 g/mol. The summed E-state index contributed by atoms with van der Waals surface area (Å²) >= 11 is 0. The van der Waals surface area contributed by atoms with E-state index < -0.39 is 5.97 Å². The summed E-state index contributed by atoms with van der Waals surface area (Å²) in [6, 6.07) is 8.72. The molecule has 0 fully saturated rings. The highest BCUT2D eigenvalue weighted by atomic mass is 16.4. The van der Waals surface area contributed by atoms with E-state index in [-0.39, 0.29) is 5.56 Å². The maximum absolute atomic E-state index is 10.6. The number of aromatic carboxylic acids is 1. The first-order valence-electron chi connectivity index (χ1n) is 4.64. The minimum absolute atomic E-state index is 0.288. The summed E-state index contributed by atoms with van der Waals surface area (Å²) < 4.78 is 0. The number of carbonyl (C=O) groups is 1. The second-order valence-electron chi connectivity index (χ2n) is 3.09. The van der Waals surface area contributed by atoms with Crippen LogP contribution in [0.15, 0.2) is 24.3 Å². The Kier molecular flexibility index (Phi) is 4.32. The van der Waals surface area contributed by atoms with Gasteiger partial charge in [-0.15, -0.1) is 0 Å². The van der Waals surface area contributed by atoms with E-state index in [2.05, 4.69) is 5.32 Å². The fourth-order valence-electron chi connectivity index (χ4n) is 1.14. The van der Waals surface area contributed by atoms with Crippen molar-refractivity contribution in [2.24, 2.45) is 0 Å². The van der Waals surface area contributed by atoms with Crippen LogP contribution >= 0.6 is 0 Å². The quantitative estimate of drug-likeness (QED) is 0.711. The molecule has 78 valence electrons. The van der Waals surface area contributed by atoms with Crippen molar-refractivity contribution in [1.29, 1.82) is 5.26 Å². The van der Waals surface area contributed by atoms with E-state index in [9.17, 15) is 4.79 Å². The molecule has 4 heteroatoms. The van der Waals surface area contributed by atoms with Gasteiger partial charge in [0.25, 0.3) is 0 Å². The molecule has 0 heterocycles. The van der Waals surface area contributed by atoms with Crippen LogP contribution in [0.2, 0.25) is 0 Å². The molecule has 0 atom stereocenters. The lowest BCUT2D eigenvalue weighted by Gasteiger charge is -2.02. The predicted molar refractivity (Wildman–Crippen MR) is 55.3 cm³/mol. The van der Waals surface area contributed by atoms with Gasteiger partial charge in [-0.25, -0.2) is 4.79 Å². The van der Waals surface area contributed by atoms with Gasteiger partial charge in [0.15, 0.2) is 0 Å². The molecule has 15 heavy (non-hydrogen) atoms. The summed E-state index contributed by atoms with van der Waals surface area (Å²) in [7, 11) is 0. The molecule has 0 aliphatic heterocycles. The summed E-state index contributed by atoms with van der Waals surface area (Å²) in [5.74, 6) is -0.918. The fraction of sp³-hybridized carbons (Fsp3) is 0.273. The molecule has 0 spiro atoms. The molecule has 0 bridgehead atoms. The summed E-state index contributed by atoms with van der Waals surface area (Å²) in [6.07, 6.45) is 0.479. The fourth-order valence-corrected chi connectivity index (χ4v) is 1.14. The third kappa shape index (κ3) is 3.79. The van der Waals surface area contributed by atoms with Gasteiger partial charge in [0.05, 0.1) is 11.6 Å². The van der Waals surface area contributed by atoms with Gasteiger partial charge in [-0.05, 0) is 17.7 Å². The first kappa shape index (κ1) is 11.2. The Morgan fingerprint density at radius 1 is 1.40 bits per heavy atom. The first-order valence-corrected chi connectivity index (χ1v) is 4.64. The zero-order valence-corrected chi connectivity index (χ0v) is 8.23. The smallest absolute Gasteiger partial charge is 0.335 e. The summed E-state index contributed by atoms with van der Waals surface area (Å²) in [4.78, 5) is 10.6. The minimum Gasteiger partial charge on any atom is -0.478 e. The molecule has 0 aromatic heterocycles.